The molecule has 7 N–H and O–H groups in total. The van der Waals surface area contributed by atoms with Gasteiger partial charge in [0.25, 0.3) is 0 Å². The van der Waals surface area contributed by atoms with Crippen LogP contribution in [0.5, 0.6) is 0 Å². The van der Waals surface area contributed by atoms with Gasteiger partial charge < -0.3 is 64.2 Å². The highest BCUT2D eigenvalue weighted by atomic mass is 16.8. The highest BCUT2D eigenvalue weighted by molar-refractivity contribution is 5.89. The van der Waals surface area contributed by atoms with E-state index >= 15 is 0 Å². The molecule has 14 nitrogen and oxygen atoms in total. The van der Waals surface area contributed by atoms with Crippen molar-refractivity contribution < 1.29 is 69.0 Å². The summed E-state index contributed by atoms with van der Waals surface area (Å²) in [4.78, 5) is 12.0. The fourth-order valence-electron chi connectivity index (χ4n) is 4.72. The second-order valence-corrected chi connectivity index (χ2v) is 9.10. The van der Waals surface area contributed by atoms with Gasteiger partial charge in [-0.25, -0.2) is 4.79 Å². The van der Waals surface area contributed by atoms with Gasteiger partial charge in [-0.2, -0.15) is 0 Å². The maximum Gasteiger partial charge on any atom is 0.337 e. The molecule has 0 bridgehead atoms. The van der Waals surface area contributed by atoms with E-state index in [0.29, 0.717) is 12.0 Å². The van der Waals surface area contributed by atoms with E-state index in [1.54, 1.807) is 6.08 Å². The molecule has 13 atom stereocenters. The zero-order chi connectivity index (χ0) is 26.1. The van der Waals surface area contributed by atoms with Gasteiger partial charge in [0.1, 0.15) is 48.8 Å². The molecule has 3 saturated heterocycles. The van der Waals surface area contributed by atoms with Gasteiger partial charge >= 0.3 is 5.97 Å². The maximum atomic E-state index is 12.0. The van der Waals surface area contributed by atoms with Crippen LogP contribution in [-0.4, -0.2) is 129 Å². The number of aliphatic hydroxyl groups is 7. The first-order chi connectivity index (χ1) is 17.2. The number of ether oxygens (including phenoxy) is 6. The van der Waals surface area contributed by atoms with Gasteiger partial charge in [-0.15, -0.1) is 6.58 Å². The molecule has 0 aromatic heterocycles. The number of carbonyl (C=O) groups is 1. The van der Waals surface area contributed by atoms with Crippen molar-refractivity contribution in [1.29, 1.82) is 0 Å². The Bertz CT molecular complexity index is 819. The second-order valence-electron chi connectivity index (χ2n) is 9.10. The molecule has 14 heteroatoms. The maximum absolute atomic E-state index is 12.0. The number of fused-ring (bicyclic) bond motifs is 1. The summed E-state index contributed by atoms with van der Waals surface area (Å²) in [7, 11) is 0. The zero-order valence-corrected chi connectivity index (χ0v) is 19.2. The highest BCUT2D eigenvalue weighted by Crippen LogP contribution is 2.38. The normalized spacial score (nSPS) is 47.2. The van der Waals surface area contributed by atoms with Crippen LogP contribution in [0, 0.1) is 11.8 Å². The van der Waals surface area contributed by atoms with Crippen molar-refractivity contribution in [1.82, 2.24) is 0 Å². The molecule has 4 aliphatic heterocycles. The van der Waals surface area contributed by atoms with Gasteiger partial charge in [-0.1, -0.05) is 6.08 Å². The van der Waals surface area contributed by atoms with Crippen molar-refractivity contribution in [3.63, 3.8) is 0 Å². The summed E-state index contributed by atoms with van der Waals surface area (Å²) in [5.74, 6) is -1.32. The van der Waals surface area contributed by atoms with Crippen LogP contribution < -0.4 is 0 Å². The molecule has 0 saturated carbocycles. The molecule has 0 aliphatic carbocycles. The topological polar surface area (TPSA) is 214 Å². The fourth-order valence-corrected chi connectivity index (χ4v) is 4.72. The number of carbonyl (C=O) groups excluding carboxylic acids is 1. The van der Waals surface area contributed by atoms with Gasteiger partial charge in [0, 0.05) is 11.8 Å². The quantitative estimate of drug-likeness (QED) is 0.127. The van der Waals surface area contributed by atoms with Crippen molar-refractivity contribution in [3.05, 3.63) is 24.5 Å². The highest BCUT2D eigenvalue weighted by Gasteiger charge is 2.49. The van der Waals surface area contributed by atoms with Crippen LogP contribution in [0.4, 0.5) is 0 Å². The first-order valence-corrected chi connectivity index (χ1v) is 11.6. The van der Waals surface area contributed by atoms with Crippen LogP contribution in [0.15, 0.2) is 24.5 Å². The molecule has 1 unspecified atom stereocenters. The van der Waals surface area contributed by atoms with E-state index < -0.39 is 92.8 Å². The van der Waals surface area contributed by atoms with Crippen molar-refractivity contribution in [2.75, 3.05) is 19.8 Å². The van der Waals surface area contributed by atoms with Crippen molar-refractivity contribution in [2.24, 2.45) is 11.8 Å². The summed E-state index contributed by atoms with van der Waals surface area (Å²) in [6.45, 7) is 2.83. The third kappa shape index (κ3) is 5.16. The second kappa shape index (κ2) is 11.4. The van der Waals surface area contributed by atoms with Gasteiger partial charge in [0.2, 0.25) is 6.29 Å². The molecule has 4 aliphatic rings. The lowest BCUT2D eigenvalue weighted by atomic mass is 9.81. The summed E-state index contributed by atoms with van der Waals surface area (Å²) in [5, 5.41) is 70.4. The van der Waals surface area contributed by atoms with Crippen molar-refractivity contribution >= 4 is 5.97 Å². The first-order valence-electron chi connectivity index (χ1n) is 11.6. The number of hydrogen-bond donors (Lipinski definition) is 7. The average Bonchev–Trinajstić information content (AvgIpc) is 2.87. The predicted molar refractivity (Wildman–Crippen MR) is 113 cm³/mol. The molecule has 0 aromatic carbocycles. The molecule has 0 spiro atoms. The molecule has 204 valence electrons. The Balaban J connectivity index is 1.42. The number of rotatable bonds is 7. The molecular weight excluding hydrogens is 488 g/mol. The monoisotopic (exact) mass is 520 g/mol. The Hall–Kier alpha value is -1.69. The third-order valence-corrected chi connectivity index (χ3v) is 6.89. The molecule has 4 heterocycles. The minimum absolute atomic E-state index is 0.211. The van der Waals surface area contributed by atoms with Gasteiger partial charge in [-0.05, 0) is 6.42 Å². The summed E-state index contributed by atoms with van der Waals surface area (Å²) < 4.78 is 32.6. The molecule has 3 fully saturated rings. The SMILES string of the molecule is C=C[C@@H]1[C@H](O[C@@H]2O[C@H](COC3O[C@H](CO)[C@@H](O)[C@H](O)[C@H]3O)[C@@H](O)[C@H](O)[C@H]2O)OC=C2C(=O)OCC[C@H]21. The Morgan fingerprint density at radius 3 is 2.22 bits per heavy atom. The van der Waals surface area contributed by atoms with E-state index in [1.165, 1.54) is 6.26 Å². The van der Waals surface area contributed by atoms with E-state index in [-0.39, 0.29) is 12.5 Å². The Morgan fingerprint density at radius 2 is 1.56 bits per heavy atom. The summed E-state index contributed by atoms with van der Waals surface area (Å²) >= 11 is 0. The number of cyclic esters (lactones) is 1. The van der Waals surface area contributed by atoms with E-state index in [2.05, 4.69) is 6.58 Å². The summed E-state index contributed by atoms with van der Waals surface area (Å²) in [5.41, 5.74) is 0.331. The van der Waals surface area contributed by atoms with E-state index in [0.717, 1.165) is 0 Å². The molecular formula is C22H32O14. The molecule has 0 radical (unpaired) electrons. The van der Waals surface area contributed by atoms with Crippen LogP contribution in [0.1, 0.15) is 6.42 Å². The first kappa shape index (κ1) is 27.3. The van der Waals surface area contributed by atoms with E-state index in [4.69, 9.17) is 28.4 Å². The number of aliphatic hydroxyl groups excluding tert-OH is 7. The minimum atomic E-state index is -1.71. The standard InChI is InChI=1S/C22H32O14/c1-2-8-9-3-4-31-19(30)10(9)6-32-20(8)36-22-18(29)16(27)14(25)12(35-22)7-33-21-17(28)15(26)13(24)11(5-23)34-21/h2,6,8-9,11-18,20-29H,1,3-5,7H2/t8-,9-,11+,12+,13+,14+,15-,16-,17+,18+,20-,21?,22-/m0/s1. The van der Waals surface area contributed by atoms with Crippen LogP contribution in [0.3, 0.4) is 0 Å². The van der Waals surface area contributed by atoms with Gasteiger partial charge in [0.15, 0.2) is 12.6 Å². The number of hydrogen-bond acceptors (Lipinski definition) is 14. The van der Waals surface area contributed by atoms with Gasteiger partial charge in [0.05, 0.1) is 31.7 Å². The molecule has 4 rings (SSSR count). The van der Waals surface area contributed by atoms with Crippen LogP contribution >= 0.6 is 0 Å². The minimum Gasteiger partial charge on any atom is -0.471 e. The largest absolute Gasteiger partial charge is 0.471 e. The summed E-state index contributed by atoms with van der Waals surface area (Å²) in [6, 6.07) is 0. The Labute approximate surface area is 205 Å². The Morgan fingerprint density at radius 1 is 0.917 bits per heavy atom. The zero-order valence-electron chi connectivity index (χ0n) is 19.2. The lowest BCUT2D eigenvalue weighted by Crippen LogP contribution is -2.62. The third-order valence-electron chi connectivity index (χ3n) is 6.89. The Kier molecular flexibility index (Phi) is 8.63. The number of esters is 1. The van der Waals surface area contributed by atoms with Crippen molar-refractivity contribution in [3.8, 4) is 0 Å². The predicted octanol–water partition coefficient (Wildman–Crippen LogP) is -3.77. The van der Waals surface area contributed by atoms with Gasteiger partial charge in [-0.3, -0.25) is 0 Å². The average molecular weight is 520 g/mol. The lowest BCUT2D eigenvalue weighted by Gasteiger charge is -2.44. The van der Waals surface area contributed by atoms with Crippen molar-refractivity contribution in [2.45, 2.75) is 74.1 Å². The van der Waals surface area contributed by atoms with E-state index in [1.807, 2.05) is 0 Å². The molecule has 0 amide bonds. The lowest BCUT2D eigenvalue weighted by molar-refractivity contribution is -0.352. The molecule has 36 heavy (non-hydrogen) atoms. The van der Waals surface area contributed by atoms with Crippen LogP contribution in [0.25, 0.3) is 0 Å². The van der Waals surface area contributed by atoms with Crippen LogP contribution in [-0.2, 0) is 33.2 Å². The smallest absolute Gasteiger partial charge is 0.337 e. The summed E-state index contributed by atoms with van der Waals surface area (Å²) in [6.07, 6.45) is -13.2. The van der Waals surface area contributed by atoms with Crippen LogP contribution in [0.2, 0.25) is 0 Å². The fraction of sp³-hybridized carbons (Fsp3) is 0.773. The molecule has 0 aromatic rings. The van der Waals surface area contributed by atoms with E-state index in [9.17, 15) is 40.5 Å².